The number of nitrogens with zero attached hydrogens (tertiary/aromatic N) is 3. The Morgan fingerprint density at radius 3 is 2.43 bits per heavy atom. The van der Waals surface area contributed by atoms with Crippen LogP contribution in [-0.4, -0.2) is 39.6 Å². The highest BCUT2D eigenvalue weighted by Gasteiger charge is 2.65. The Balaban J connectivity index is 1.62. The van der Waals surface area contributed by atoms with E-state index in [1.54, 1.807) is 6.07 Å². The Labute approximate surface area is 168 Å². The molecular weight excluding hydrogens is 403 g/mol. The maximum Gasteiger partial charge on any atom is 0.573 e. The maximum atomic E-state index is 13.1. The van der Waals surface area contributed by atoms with E-state index < -0.39 is 29.6 Å². The lowest BCUT2D eigenvalue weighted by atomic mass is 10.1. The molecule has 0 atom stereocenters. The summed E-state index contributed by atoms with van der Waals surface area (Å²) in [6.07, 6.45) is -0.972. The van der Waals surface area contributed by atoms with Gasteiger partial charge in [0.05, 0.1) is 5.69 Å². The summed E-state index contributed by atoms with van der Waals surface area (Å²) < 4.78 is 40.9. The van der Waals surface area contributed by atoms with Crippen molar-refractivity contribution in [1.29, 1.82) is 5.41 Å². The van der Waals surface area contributed by atoms with Crippen LogP contribution in [0.15, 0.2) is 42.7 Å². The first-order chi connectivity index (χ1) is 14.1. The number of pyridine rings is 1. The summed E-state index contributed by atoms with van der Waals surface area (Å²) in [6.45, 7) is 0.0494. The Kier molecular flexibility index (Phi) is 4.40. The number of anilines is 1. The van der Waals surface area contributed by atoms with Gasteiger partial charge >= 0.3 is 12.4 Å². The summed E-state index contributed by atoms with van der Waals surface area (Å²) in [4.78, 5) is 32.4. The fourth-order valence-electron chi connectivity index (χ4n) is 3.53. The van der Waals surface area contributed by atoms with Crippen LogP contribution in [0.2, 0.25) is 0 Å². The number of hydrogen-bond donors (Lipinski definition) is 2. The third-order valence-electron chi connectivity index (χ3n) is 5.12. The largest absolute Gasteiger partial charge is 0.573 e. The predicted octanol–water partition coefficient (Wildman–Crippen LogP) is 2.77. The zero-order chi connectivity index (χ0) is 21.7. The van der Waals surface area contributed by atoms with Crippen molar-refractivity contribution in [2.24, 2.45) is 5.73 Å². The molecular formula is C19H16F3N5O3. The topological polar surface area (TPSA) is 113 Å². The molecule has 1 saturated heterocycles. The molecule has 30 heavy (non-hydrogen) atoms. The first kappa shape index (κ1) is 19.7. The van der Waals surface area contributed by atoms with Gasteiger partial charge in [0.25, 0.3) is 5.91 Å². The monoisotopic (exact) mass is 419 g/mol. The number of rotatable bonds is 5. The van der Waals surface area contributed by atoms with Crippen LogP contribution < -0.4 is 15.4 Å². The lowest BCUT2D eigenvalue weighted by Crippen LogP contribution is -2.37. The van der Waals surface area contributed by atoms with Gasteiger partial charge in [0.2, 0.25) is 0 Å². The second kappa shape index (κ2) is 6.71. The Bertz CT molecular complexity index is 1030. The van der Waals surface area contributed by atoms with Crippen molar-refractivity contribution in [1.82, 2.24) is 9.88 Å². The molecule has 2 heterocycles. The first-order valence-electron chi connectivity index (χ1n) is 8.92. The van der Waals surface area contributed by atoms with Crippen LogP contribution in [0.1, 0.15) is 24.0 Å². The maximum absolute atomic E-state index is 13.1. The normalized spacial score (nSPS) is 17.6. The lowest BCUT2D eigenvalue weighted by molar-refractivity contribution is -0.274. The number of nitrogens with one attached hydrogen (secondary N) is 1. The molecule has 0 unspecified atom stereocenters. The molecule has 1 aromatic heterocycles. The molecule has 0 bridgehead atoms. The lowest BCUT2D eigenvalue weighted by Gasteiger charge is -2.22. The van der Waals surface area contributed by atoms with Crippen molar-refractivity contribution < 1.29 is 27.5 Å². The van der Waals surface area contributed by atoms with Crippen LogP contribution >= 0.6 is 0 Å². The van der Waals surface area contributed by atoms with Gasteiger partial charge in [0, 0.05) is 24.5 Å². The highest BCUT2D eigenvalue weighted by Crippen LogP contribution is 2.49. The van der Waals surface area contributed by atoms with Crippen LogP contribution in [0, 0.1) is 5.41 Å². The van der Waals surface area contributed by atoms with Crippen molar-refractivity contribution in [3.8, 4) is 5.75 Å². The number of alkyl halides is 3. The Hall–Kier alpha value is -3.63. The number of imide groups is 1. The van der Waals surface area contributed by atoms with Crippen molar-refractivity contribution in [2.75, 3.05) is 4.90 Å². The van der Waals surface area contributed by atoms with Gasteiger partial charge in [-0.25, -0.2) is 9.69 Å². The first-order valence-corrected chi connectivity index (χ1v) is 8.92. The molecule has 8 nitrogen and oxygen atoms in total. The van der Waals surface area contributed by atoms with E-state index in [2.05, 4.69) is 9.72 Å². The second-order valence-corrected chi connectivity index (χ2v) is 7.03. The third-order valence-corrected chi connectivity index (χ3v) is 5.12. The zero-order valence-electron chi connectivity index (χ0n) is 15.4. The average Bonchev–Trinajstić information content (AvgIpc) is 3.45. The van der Waals surface area contributed by atoms with Gasteiger partial charge in [-0.15, -0.1) is 13.2 Å². The molecule has 1 spiro atoms. The van der Waals surface area contributed by atoms with Gasteiger partial charge in [0.15, 0.2) is 0 Å². The van der Waals surface area contributed by atoms with E-state index in [4.69, 9.17) is 11.1 Å². The van der Waals surface area contributed by atoms with Gasteiger partial charge in [-0.05, 0) is 48.7 Å². The minimum absolute atomic E-state index is 0.0494. The molecule has 1 aromatic carbocycles. The molecule has 1 saturated carbocycles. The smallest absolute Gasteiger partial charge is 0.406 e. The van der Waals surface area contributed by atoms with E-state index in [0.717, 1.165) is 17.0 Å². The van der Waals surface area contributed by atoms with Crippen LogP contribution in [0.5, 0.6) is 5.75 Å². The average molecular weight is 419 g/mol. The van der Waals surface area contributed by atoms with E-state index in [9.17, 15) is 22.8 Å². The molecule has 0 radical (unpaired) electrons. The molecule has 2 fully saturated rings. The molecule has 4 rings (SSSR count). The predicted molar refractivity (Wildman–Crippen MR) is 98.8 cm³/mol. The van der Waals surface area contributed by atoms with Crippen molar-refractivity contribution in [3.63, 3.8) is 0 Å². The molecule has 3 amide bonds. The van der Waals surface area contributed by atoms with E-state index in [0.29, 0.717) is 24.0 Å². The molecule has 2 aliphatic rings. The van der Waals surface area contributed by atoms with Crippen molar-refractivity contribution in [2.45, 2.75) is 31.3 Å². The van der Waals surface area contributed by atoms with E-state index >= 15 is 0 Å². The fraction of sp³-hybridized carbons (Fsp3) is 0.263. The zero-order valence-corrected chi connectivity index (χ0v) is 15.4. The molecule has 1 aliphatic carbocycles. The number of carbonyl (C=O) groups is 2. The summed E-state index contributed by atoms with van der Waals surface area (Å²) in [5.41, 5.74) is 5.67. The number of amides is 3. The number of benzene rings is 1. The number of nitrogen functional groups attached to an aromatic ring is 1. The molecule has 11 heteroatoms. The van der Waals surface area contributed by atoms with Gasteiger partial charge < -0.3 is 15.4 Å². The van der Waals surface area contributed by atoms with Gasteiger partial charge in [-0.2, -0.15) is 0 Å². The minimum atomic E-state index is -4.84. The van der Waals surface area contributed by atoms with E-state index in [-0.39, 0.29) is 18.1 Å². The quantitative estimate of drug-likeness (QED) is 0.440. The summed E-state index contributed by atoms with van der Waals surface area (Å²) in [7, 11) is 0. The number of aromatic nitrogens is 1. The standard InChI is InChI=1S/C19H16F3N5O3/c20-19(21,22)30-13-3-1-12(2-4-13)27-16(28)18(6-7-18)26(17(27)29)10-11-5-8-25-9-14(11)15(23)24/h1-5,8-9H,6-7,10H2,(H3,23,24). The van der Waals surface area contributed by atoms with E-state index in [1.165, 1.54) is 29.4 Å². The number of amidine groups is 1. The summed E-state index contributed by atoms with van der Waals surface area (Å²) in [5.74, 6) is -1.10. The SMILES string of the molecule is N=C(N)c1cnccc1CN1C(=O)N(c2ccc(OC(F)(F)F)cc2)C(=O)C12CC2. The number of ether oxygens (including phenoxy) is 1. The van der Waals surface area contributed by atoms with Gasteiger partial charge in [-0.1, -0.05) is 0 Å². The molecule has 156 valence electrons. The van der Waals surface area contributed by atoms with Gasteiger partial charge in [-0.3, -0.25) is 15.2 Å². The van der Waals surface area contributed by atoms with Crippen LogP contribution in [0.4, 0.5) is 23.7 Å². The Morgan fingerprint density at radius 1 is 1.20 bits per heavy atom. The minimum Gasteiger partial charge on any atom is -0.406 e. The second-order valence-electron chi connectivity index (χ2n) is 7.03. The van der Waals surface area contributed by atoms with Crippen molar-refractivity contribution >= 4 is 23.5 Å². The summed E-state index contributed by atoms with van der Waals surface area (Å²) >= 11 is 0. The van der Waals surface area contributed by atoms with Crippen LogP contribution in [-0.2, 0) is 11.3 Å². The highest BCUT2D eigenvalue weighted by molar-refractivity contribution is 6.24. The number of hydrogen-bond acceptors (Lipinski definition) is 5. The molecule has 1 aliphatic heterocycles. The molecule has 3 N–H and O–H groups in total. The van der Waals surface area contributed by atoms with Crippen molar-refractivity contribution in [3.05, 3.63) is 53.9 Å². The summed E-state index contributed by atoms with van der Waals surface area (Å²) in [6, 6.07) is 5.57. The third kappa shape index (κ3) is 3.31. The number of nitrogens with two attached hydrogens (primary N) is 1. The van der Waals surface area contributed by atoms with Crippen LogP contribution in [0.3, 0.4) is 0 Å². The van der Waals surface area contributed by atoms with Gasteiger partial charge in [0.1, 0.15) is 17.1 Å². The highest BCUT2D eigenvalue weighted by atomic mass is 19.4. The fourth-order valence-corrected chi connectivity index (χ4v) is 3.53. The molecule has 2 aromatic rings. The summed E-state index contributed by atoms with van der Waals surface area (Å²) in [5, 5.41) is 7.68. The van der Waals surface area contributed by atoms with Crippen LogP contribution in [0.25, 0.3) is 0 Å². The number of halogens is 3. The van der Waals surface area contributed by atoms with E-state index in [1.807, 2.05) is 0 Å². The number of urea groups is 1. The number of carbonyl (C=O) groups excluding carboxylic acids is 2. The Morgan fingerprint density at radius 2 is 1.87 bits per heavy atom.